The summed E-state index contributed by atoms with van der Waals surface area (Å²) in [4.78, 5) is 11.9. The molecule has 30 heavy (non-hydrogen) atoms. The van der Waals surface area contributed by atoms with Crippen LogP contribution >= 0.6 is 0 Å². The van der Waals surface area contributed by atoms with Crippen LogP contribution in [0.5, 0.6) is 0 Å². The van der Waals surface area contributed by atoms with Crippen LogP contribution in [-0.4, -0.2) is 11.1 Å². The zero-order chi connectivity index (χ0) is 22.6. The van der Waals surface area contributed by atoms with Crippen molar-refractivity contribution in [3.8, 4) is 0 Å². The van der Waals surface area contributed by atoms with Gasteiger partial charge in [0.05, 0.1) is 5.92 Å². The summed E-state index contributed by atoms with van der Waals surface area (Å²) in [6.07, 6.45) is 23.0. The van der Waals surface area contributed by atoms with Crippen LogP contribution in [-0.2, 0) is 4.79 Å². The number of carboxylic acid groups (broad SMARTS) is 1. The van der Waals surface area contributed by atoms with Crippen LogP contribution in [0, 0.1) is 23.7 Å². The van der Waals surface area contributed by atoms with E-state index in [2.05, 4.69) is 34.6 Å². The molecule has 0 aliphatic heterocycles. The molecule has 0 aromatic rings. The maximum absolute atomic E-state index is 11.9. The van der Waals surface area contributed by atoms with Crippen molar-refractivity contribution in [1.82, 2.24) is 0 Å². The highest BCUT2D eigenvalue weighted by molar-refractivity contribution is 5.70. The molecule has 0 fully saturated rings. The molecule has 3 unspecified atom stereocenters. The topological polar surface area (TPSA) is 37.3 Å². The van der Waals surface area contributed by atoms with Gasteiger partial charge in [0.2, 0.25) is 0 Å². The zero-order valence-electron chi connectivity index (χ0n) is 21.4. The van der Waals surface area contributed by atoms with Gasteiger partial charge in [-0.1, -0.05) is 137 Å². The molecular weight excluding hydrogens is 368 g/mol. The Labute approximate surface area is 190 Å². The van der Waals surface area contributed by atoms with E-state index in [1.54, 1.807) is 0 Å². The normalized spacial score (nSPS) is 14.7. The summed E-state index contributed by atoms with van der Waals surface area (Å²) in [7, 11) is 0. The van der Waals surface area contributed by atoms with Crippen molar-refractivity contribution in [2.24, 2.45) is 23.7 Å². The molecule has 3 atom stereocenters. The molecule has 180 valence electrons. The molecule has 0 radical (unpaired) electrons. The molecule has 0 amide bonds. The molecule has 0 spiro atoms. The maximum Gasteiger partial charge on any atom is 0.306 e. The first kappa shape index (κ1) is 29.5. The summed E-state index contributed by atoms with van der Waals surface area (Å²) < 4.78 is 0. The van der Waals surface area contributed by atoms with Gasteiger partial charge < -0.3 is 5.11 Å². The minimum Gasteiger partial charge on any atom is -0.481 e. The summed E-state index contributed by atoms with van der Waals surface area (Å²) in [5.41, 5.74) is 0. The molecule has 1 N–H and O–H groups in total. The third-order valence-corrected chi connectivity index (χ3v) is 6.95. The summed E-state index contributed by atoms with van der Waals surface area (Å²) in [5, 5.41) is 9.79. The molecule has 2 heteroatoms. The van der Waals surface area contributed by atoms with Crippen molar-refractivity contribution in [2.45, 2.75) is 150 Å². The van der Waals surface area contributed by atoms with E-state index in [0.29, 0.717) is 11.8 Å². The number of hydrogen-bond donors (Lipinski definition) is 1. The van der Waals surface area contributed by atoms with Crippen molar-refractivity contribution in [3.63, 3.8) is 0 Å². The van der Waals surface area contributed by atoms with Gasteiger partial charge in [0.1, 0.15) is 0 Å². The van der Waals surface area contributed by atoms with Gasteiger partial charge in [0, 0.05) is 0 Å². The van der Waals surface area contributed by atoms with Crippen LogP contribution < -0.4 is 0 Å². The summed E-state index contributed by atoms with van der Waals surface area (Å²) in [6.45, 7) is 11.3. The average Bonchev–Trinajstić information content (AvgIpc) is 2.70. The second-order valence-electron chi connectivity index (χ2n) is 10.5. The summed E-state index contributed by atoms with van der Waals surface area (Å²) >= 11 is 0. The lowest BCUT2D eigenvalue weighted by molar-refractivity contribution is -0.144. The lowest BCUT2D eigenvalue weighted by atomic mass is 9.80. The Morgan fingerprint density at radius 2 is 1.13 bits per heavy atom. The van der Waals surface area contributed by atoms with Crippen molar-refractivity contribution < 1.29 is 9.90 Å². The van der Waals surface area contributed by atoms with Crippen LogP contribution in [0.25, 0.3) is 0 Å². The Balaban J connectivity index is 3.87. The first-order valence-corrected chi connectivity index (χ1v) is 13.6. The van der Waals surface area contributed by atoms with Gasteiger partial charge in [0.25, 0.3) is 0 Å². The second-order valence-corrected chi connectivity index (χ2v) is 10.5. The Bertz CT molecular complexity index is 377. The van der Waals surface area contributed by atoms with E-state index < -0.39 is 5.97 Å². The molecule has 0 bridgehead atoms. The largest absolute Gasteiger partial charge is 0.481 e. The quantitative estimate of drug-likeness (QED) is 0.176. The van der Waals surface area contributed by atoms with Crippen LogP contribution in [0.3, 0.4) is 0 Å². The third kappa shape index (κ3) is 17.2. The Morgan fingerprint density at radius 1 is 0.633 bits per heavy atom. The molecule has 0 aromatic carbocycles. The third-order valence-electron chi connectivity index (χ3n) is 6.95. The van der Waals surface area contributed by atoms with Gasteiger partial charge in [-0.3, -0.25) is 4.79 Å². The van der Waals surface area contributed by atoms with E-state index >= 15 is 0 Å². The fraction of sp³-hybridized carbons (Fsp3) is 0.964. The Kier molecular flexibility index (Phi) is 20.0. The smallest absolute Gasteiger partial charge is 0.306 e. The number of unbranched alkanes of at least 4 members (excludes halogenated alkanes) is 10. The molecule has 0 saturated carbocycles. The van der Waals surface area contributed by atoms with E-state index in [4.69, 9.17) is 0 Å². The van der Waals surface area contributed by atoms with E-state index in [1.165, 1.54) is 103 Å². The number of carboxylic acids is 1. The first-order valence-electron chi connectivity index (χ1n) is 13.6. The monoisotopic (exact) mass is 424 g/mol. The average molecular weight is 425 g/mol. The number of rotatable bonds is 22. The SMILES string of the molecule is CCCCC(CCC)CC(C(=O)O)C(C)CCCCCCCCCCCCC(C)C. The molecule has 0 saturated heterocycles. The highest BCUT2D eigenvalue weighted by atomic mass is 16.4. The van der Waals surface area contributed by atoms with Crippen LogP contribution in [0.1, 0.15) is 150 Å². The lowest BCUT2D eigenvalue weighted by Crippen LogP contribution is -2.25. The van der Waals surface area contributed by atoms with Crippen LogP contribution in [0.15, 0.2) is 0 Å². The molecular formula is C28H56O2. The number of carbonyl (C=O) groups is 1. The Morgan fingerprint density at radius 3 is 1.57 bits per heavy atom. The molecule has 0 aromatic heterocycles. The number of aliphatic carboxylic acids is 1. The molecule has 2 nitrogen and oxygen atoms in total. The highest BCUT2D eigenvalue weighted by Crippen LogP contribution is 2.30. The summed E-state index contributed by atoms with van der Waals surface area (Å²) in [6, 6.07) is 0. The van der Waals surface area contributed by atoms with Gasteiger partial charge in [0.15, 0.2) is 0 Å². The predicted molar refractivity (Wildman–Crippen MR) is 133 cm³/mol. The van der Waals surface area contributed by atoms with E-state index in [1.807, 2.05) is 0 Å². The van der Waals surface area contributed by atoms with E-state index in [-0.39, 0.29) is 5.92 Å². The molecule has 0 heterocycles. The van der Waals surface area contributed by atoms with Crippen molar-refractivity contribution >= 4 is 5.97 Å². The van der Waals surface area contributed by atoms with Gasteiger partial charge in [-0.25, -0.2) is 0 Å². The number of hydrogen-bond acceptors (Lipinski definition) is 1. The second kappa shape index (κ2) is 20.4. The lowest BCUT2D eigenvalue weighted by Gasteiger charge is -2.25. The van der Waals surface area contributed by atoms with Crippen molar-refractivity contribution in [3.05, 3.63) is 0 Å². The van der Waals surface area contributed by atoms with Gasteiger partial charge in [-0.05, 0) is 30.6 Å². The maximum atomic E-state index is 11.9. The highest BCUT2D eigenvalue weighted by Gasteiger charge is 2.27. The van der Waals surface area contributed by atoms with Crippen LogP contribution in [0.4, 0.5) is 0 Å². The minimum absolute atomic E-state index is 0.144. The van der Waals surface area contributed by atoms with E-state index in [0.717, 1.165) is 18.8 Å². The molecule has 0 aliphatic rings. The standard InChI is InChI=1S/C28H56O2/c1-6-8-22-26(19-7-2)23-27(28(29)30)25(5)21-18-16-14-12-10-9-11-13-15-17-20-24(3)4/h24-27H,6-23H2,1-5H3,(H,29,30). The molecule has 0 aliphatic carbocycles. The van der Waals surface area contributed by atoms with Crippen molar-refractivity contribution in [2.75, 3.05) is 0 Å². The van der Waals surface area contributed by atoms with Gasteiger partial charge in [-0.15, -0.1) is 0 Å². The van der Waals surface area contributed by atoms with Crippen molar-refractivity contribution in [1.29, 1.82) is 0 Å². The first-order chi connectivity index (χ1) is 14.4. The fourth-order valence-electron chi connectivity index (χ4n) is 4.85. The molecule has 0 rings (SSSR count). The van der Waals surface area contributed by atoms with Gasteiger partial charge >= 0.3 is 5.97 Å². The predicted octanol–water partition coefficient (Wildman–Crippen LogP) is 9.66. The fourth-order valence-corrected chi connectivity index (χ4v) is 4.85. The van der Waals surface area contributed by atoms with E-state index in [9.17, 15) is 9.90 Å². The minimum atomic E-state index is -0.562. The zero-order valence-corrected chi connectivity index (χ0v) is 21.4. The summed E-state index contributed by atoms with van der Waals surface area (Å²) in [5.74, 6) is 1.07. The van der Waals surface area contributed by atoms with Crippen LogP contribution in [0.2, 0.25) is 0 Å². The van der Waals surface area contributed by atoms with Gasteiger partial charge in [-0.2, -0.15) is 0 Å². The Hall–Kier alpha value is -0.530.